The standard InChI is InChI=1S/C15H22N2O/c1-11-10-13(16-2)6-7-14(11)15(18)17-9-8-12-4-3-5-12/h6-7,10,12,16H,3-5,8-9H2,1-2H3,(H,17,18). The van der Waals surface area contributed by atoms with Crippen LogP contribution in [-0.2, 0) is 0 Å². The number of benzene rings is 1. The van der Waals surface area contributed by atoms with Gasteiger partial charge in [-0.3, -0.25) is 4.79 Å². The smallest absolute Gasteiger partial charge is 0.251 e. The molecule has 3 heteroatoms. The van der Waals surface area contributed by atoms with Crippen molar-refractivity contribution in [3.8, 4) is 0 Å². The zero-order valence-electron chi connectivity index (χ0n) is 11.3. The van der Waals surface area contributed by atoms with Crippen LogP contribution in [0.5, 0.6) is 0 Å². The highest BCUT2D eigenvalue weighted by Crippen LogP contribution is 2.28. The van der Waals surface area contributed by atoms with Gasteiger partial charge in [-0.2, -0.15) is 0 Å². The van der Waals surface area contributed by atoms with Crippen molar-refractivity contribution in [1.29, 1.82) is 0 Å². The van der Waals surface area contributed by atoms with Crippen LogP contribution in [0.2, 0.25) is 0 Å². The lowest BCUT2D eigenvalue weighted by Crippen LogP contribution is -2.27. The van der Waals surface area contributed by atoms with Crippen molar-refractivity contribution in [2.24, 2.45) is 5.92 Å². The van der Waals surface area contributed by atoms with Crippen LogP contribution in [0.25, 0.3) is 0 Å². The number of carbonyl (C=O) groups is 1. The van der Waals surface area contributed by atoms with E-state index in [2.05, 4.69) is 10.6 Å². The van der Waals surface area contributed by atoms with E-state index in [1.807, 2.05) is 32.2 Å². The Labute approximate surface area is 109 Å². The van der Waals surface area contributed by atoms with E-state index < -0.39 is 0 Å². The van der Waals surface area contributed by atoms with Crippen LogP contribution in [0.3, 0.4) is 0 Å². The minimum atomic E-state index is 0.0504. The Bertz CT molecular complexity index is 425. The van der Waals surface area contributed by atoms with E-state index in [0.29, 0.717) is 0 Å². The lowest BCUT2D eigenvalue weighted by atomic mass is 9.83. The van der Waals surface area contributed by atoms with E-state index in [0.717, 1.165) is 35.7 Å². The van der Waals surface area contributed by atoms with Crippen LogP contribution in [0.15, 0.2) is 18.2 Å². The highest BCUT2D eigenvalue weighted by Gasteiger charge is 2.17. The summed E-state index contributed by atoms with van der Waals surface area (Å²) in [4.78, 5) is 12.0. The van der Waals surface area contributed by atoms with Crippen LogP contribution in [0, 0.1) is 12.8 Å². The molecular weight excluding hydrogens is 224 g/mol. The fraction of sp³-hybridized carbons (Fsp3) is 0.533. The Hall–Kier alpha value is -1.51. The first-order valence-corrected chi connectivity index (χ1v) is 6.77. The molecule has 0 atom stereocenters. The summed E-state index contributed by atoms with van der Waals surface area (Å²) in [5.74, 6) is 0.896. The predicted molar refractivity (Wildman–Crippen MR) is 75.0 cm³/mol. The lowest BCUT2D eigenvalue weighted by molar-refractivity contribution is 0.0948. The Kier molecular flexibility index (Phi) is 4.24. The number of anilines is 1. The molecule has 1 saturated carbocycles. The first kappa shape index (κ1) is 12.9. The third-order valence-corrected chi connectivity index (χ3v) is 3.82. The third-order valence-electron chi connectivity index (χ3n) is 3.82. The van der Waals surface area contributed by atoms with Gasteiger partial charge in [-0.1, -0.05) is 19.3 Å². The second-order valence-electron chi connectivity index (χ2n) is 5.12. The van der Waals surface area contributed by atoms with E-state index >= 15 is 0 Å². The van der Waals surface area contributed by atoms with Gasteiger partial charge < -0.3 is 10.6 Å². The monoisotopic (exact) mass is 246 g/mol. The largest absolute Gasteiger partial charge is 0.388 e. The van der Waals surface area contributed by atoms with Crippen molar-refractivity contribution >= 4 is 11.6 Å². The van der Waals surface area contributed by atoms with Gasteiger partial charge in [0.05, 0.1) is 0 Å². The molecule has 0 radical (unpaired) electrons. The molecule has 18 heavy (non-hydrogen) atoms. The summed E-state index contributed by atoms with van der Waals surface area (Å²) < 4.78 is 0. The van der Waals surface area contributed by atoms with Gasteiger partial charge >= 0.3 is 0 Å². The molecule has 1 aromatic carbocycles. The van der Waals surface area contributed by atoms with Gasteiger partial charge in [-0.05, 0) is 43.0 Å². The summed E-state index contributed by atoms with van der Waals surface area (Å²) in [5.41, 5.74) is 2.84. The van der Waals surface area contributed by atoms with Crippen LogP contribution < -0.4 is 10.6 Å². The van der Waals surface area contributed by atoms with Crippen molar-refractivity contribution in [2.75, 3.05) is 18.9 Å². The van der Waals surface area contributed by atoms with Gasteiger partial charge in [-0.25, -0.2) is 0 Å². The molecule has 1 fully saturated rings. The molecule has 1 aromatic rings. The molecule has 0 unspecified atom stereocenters. The number of nitrogens with one attached hydrogen (secondary N) is 2. The summed E-state index contributed by atoms with van der Waals surface area (Å²) in [7, 11) is 1.88. The summed E-state index contributed by atoms with van der Waals surface area (Å²) >= 11 is 0. The summed E-state index contributed by atoms with van der Waals surface area (Å²) in [6.07, 6.45) is 5.17. The maximum Gasteiger partial charge on any atom is 0.251 e. The minimum absolute atomic E-state index is 0.0504. The first-order valence-electron chi connectivity index (χ1n) is 6.77. The molecule has 0 spiro atoms. The third kappa shape index (κ3) is 3.03. The van der Waals surface area contributed by atoms with Crippen LogP contribution in [0.4, 0.5) is 5.69 Å². The number of rotatable bonds is 5. The van der Waals surface area contributed by atoms with Gasteiger partial charge in [0.25, 0.3) is 5.91 Å². The topological polar surface area (TPSA) is 41.1 Å². The normalized spacial score (nSPS) is 15.0. The number of carbonyl (C=O) groups excluding carboxylic acids is 1. The predicted octanol–water partition coefficient (Wildman–Crippen LogP) is 2.96. The van der Waals surface area contributed by atoms with Crippen molar-refractivity contribution < 1.29 is 4.79 Å². The number of amides is 1. The zero-order chi connectivity index (χ0) is 13.0. The number of aryl methyl sites for hydroxylation is 1. The fourth-order valence-corrected chi connectivity index (χ4v) is 2.34. The van der Waals surface area contributed by atoms with Gasteiger partial charge in [-0.15, -0.1) is 0 Å². The van der Waals surface area contributed by atoms with Gasteiger partial charge in [0.1, 0.15) is 0 Å². The van der Waals surface area contributed by atoms with E-state index in [1.165, 1.54) is 19.3 Å². The Balaban J connectivity index is 1.87. The van der Waals surface area contributed by atoms with Crippen LogP contribution in [0.1, 0.15) is 41.6 Å². The Morgan fingerprint density at radius 1 is 1.39 bits per heavy atom. The Morgan fingerprint density at radius 2 is 2.17 bits per heavy atom. The fourth-order valence-electron chi connectivity index (χ4n) is 2.34. The molecule has 0 bridgehead atoms. The number of hydrogen-bond donors (Lipinski definition) is 2. The van der Waals surface area contributed by atoms with Crippen LogP contribution >= 0.6 is 0 Å². The van der Waals surface area contributed by atoms with Crippen molar-refractivity contribution in [1.82, 2.24) is 5.32 Å². The second kappa shape index (κ2) is 5.89. The average Bonchev–Trinajstić information content (AvgIpc) is 2.31. The average molecular weight is 246 g/mol. The van der Waals surface area contributed by atoms with E-state index in [4.69, 9.17) is 0 Å². The zero-order valence-corrected chi connectivity index (χ0v) is 11.3. The highest BCUT2D eigenvalue weighted by molar-refractivity contribution is 5.96. The maximum atomic E-state index is 12.0. The quantitative estimate of drug-likeness (QED) is 0.838. The maximum absolute atomic E-state index is 12.0. The summed E-state index contributed by atoms with van der Waals surface area (Å²) in [5, 5.41) is 6.09. The molecule has 2 N–H and O–H groups in total. The molecule has 0 aliphatic heterocycles. The molecule has 0 heterocycles. The van der Waals surface area contributed by atoms with E-state index in [9.17, 15) is 4.79 Å². The van der Waals surface area contributed by atoms with E-state index in [-0.39, 0.29) is 5.91 Å². The second-order valence-corrected chi connectivity index (χ2v) is 5.12. The molecule has 0 aromatic heterocycles. The first-order chi connectivity index (χ1) is 8.70. The molecule has 98 valence electrons. The molecule has 1 aliphatic rings. The molecular formula is C15H22N2O. The molecule has 3 nitrogen and oxygen atoms in total. The Morgan fingerprint density at radius 3 is 2.72 bits per heavy atom. The molecule has 1 amide bonds. The minimum Gasteiger partial charge on any atom is -0.388 e. The van der Waals surface area contributed by atoms with Gasteiger partial charge in [0.15, 0.2) is 0 Å². The van der Waals surface area contributed by atoms with Gasteiger partial charge in [0.2, 0.25) is 0 Å². The molecule has 1 aliphatic carbocycles. The number of hydrogen-bond acceptors (Lipinski definition) is 2. The van der Waals surface area contributed by atoms with Gasteiger partial charge in [0, 0.05) is 24.8 Å². The van der Waals surface area contributed by atoms with Crippen molar-refractivity contribution in [2.45, 2.75) is 32.6 Å². The van der Waals surface area contributed by atoms with Crippen LogP contribution in [-0.4, -0.2) is 19.5 Å². The molecule has 2 rings (SSSR count). The molecule has 0 saturated heterocycles. The SMILES string of the molecule is CNc1ccc(C(=O)NCCC2CCC2)c(C)c1. The highest BCUT2D eigenvalue weighted by atomic mass is 16.1. The van der Waals surface area contributed by atoms with E-state index in [1.54, 1.807) is 0 Å². The summed E-state index contributed by atoms with van der Waals surface area (Å²) in [6, 6.07) is 5.83. The lowest BCUT2D eigenvalue weighted by Gasteiger charge is -2.25. The van der Waals surface area contributed by atoms with Crippen molar-refractivity contribution in [3.05, 3.63) is 29.3 Å². The summed E-state index contributed by atoms with van der Waals surface area (Å²) in [6.45, 7) is 2.78. The van der Waals surface area contributed by atoms with Crippen molar-refractivity contribution in [3.63, 3.8) is 0 Å².